The highest BCUT2D eigenvalue weighted by atomic mass is 35.5. The van der Waals surface area contributed by atoms with Gasteiger partial charge in [0.1, 0.15) is 5.78 Å². The Hall–Kier alpha value is -6.33. The minimum absolute atomic E-state index is 0. The highest BCUT2D eigenvalue weighted by molar-refractivity contribution is 8.11. The third-order valence-corrected chi connectivity index (χ3v) is 28.8. The number of non-ortho nitro benzene ring substituents is 3. The zero-order valence-electron chi connectivity index (χ0n) is 56.4. The summed E-state index contributed by atoms with van der Waals surface area (Å²) in [6.07, 6.45) is 12.4. The minimum Gasteiger partial charge on any atom is -0.371 e. The van der Waals surface area contributed by atoms with Crippen molar-refractivity contribution < 1.29 is 42.9 Å². The third-order valence-electron chi connectivity index (χ3n) is 18.8. The number of nitro groups is 3. The zero-order chi connectivity index (χ0) is 70.6. The number of anilines is 5. The second kappa shape index (κ2) is 37.5. The summed E-state index contributed by atoms with van der Waals surface area (Å²) < 4.78 is 36.4. The number of Topliss-reactive ketones (excluding diaryl/α,β-unsaturated/α-hetero) is 1. The van der Waals surface area contributed by atoms with Crippen molar-refractivity contribution in [2.45, 2.75) is 65.0 Å². The molecule has 2 aromatic heterocycles. The molecule has 540 valence electrons. The highest BCUT2D eigenvalue weighted by Gasteiger charge is 2.32. The smallest absolute Gasteiger partial charge is 0.269 e. The van der Waals surface area contributed by atoms with E-state index >= 15 is 0 Å². The summed E-state index contributed by atoms with van der Waals surface area (Å²) in [5.41, 5.74) is 6.75. The molecule has 0 spiro atoms. The Morgan fingerprint density at radius 3 is 1.29 bits per heavy atom. The average Bonchev–Trinajstić information content (AvgIpc) is 1.79. The number of nitrogens with one attached hydrogen (secondary N) is 3. The summed E-state index contributed by atoms with van der Waals surface area (Å²) >= 11 is 10.4. The van der Waals surface area contributed by atoms with E-state index in [1.54, 1.807) is 24.3 Å². The lowest BCUT2D eigenvalue weighted by Gasteiger charge is -2.42. The maximum absolute atomic E-state index is 12.1. The molecule has 26 nitrogen and oxygen atoms in total. The molecule has 7 aliphatic heterocycles. The largest absolute Gasteiger partial charge is 0.371 e. The van der Waals surface area contributed by atoms with Gasteiger partial charge in [-0.3, -0.25) is 49.7 Å². The van der Waals surface area contributed by atoms with Crippen molar-refractivity contribution in [3.8, 4) is 0 Å². The topological polar surface area (TPSA) is 317 Å². The Balaban J connectivity index is 0.000000179. The number of hydrogen-bond donors (Lipinski definition) is 4. The minimum atomic E-state index is -2.01. The monoisotopic (exact) mass is 1480 g/mol. The molecule has 13 rings (SSSR count). The molecule has 0 bridgehead atoms. The number of piperidine rings is 3. The highest BCUT2D eigenvalue weighted by Crippen LogP contribution is 2.45. The second-order valence-corrected chi connectivity index (χ2v) is 41.7. The van der Waals surface area contributed by atoms with Gasteiger partial charge in [-0.1, -0.05) is 19.2 Å². The Labute approximate surface area is 591 Å². The Bertz CT molecular complexity index is 3750. The fourth-order valence-electron chi connectivity index (χ4n) is 12.4. The fraction of sp³-hybridized carbons (Fsp3) is 0.522. The number of carbonyl (C=O) groups is 2. The van der Waals surface area contributed by atoms with E-state index in [0.29, 0.717) is 44.0 Å². The molecule has 32 heteroatoms. The lowest BCUT2D eigenvalue weighted by molar-refractivity contribution is -0.385. The van der Waals surface area contributed by atoms with Crippen LogP contribution in [0, 0.1) is 37.3 Å². The van der Waals surface area contributed by atoms with Gasteiger partial charge in [-0.05, 0) is 137 Å². The van der Waals surface area contributed by atoms with Crippen molar-refractivity contribution in [3.05, 3.63) is 157 Å². The molecule has 9 heterocycles. The number of carbonyl (C=O) groups excluding carboxylic acids is 2. The van der Waals surface area contributed by atoms with Gasteiger partial charge in [0.25, 0.3) is 22.3 Å². The van der Waals surface area contributed by atoms with Crippen LogP contribution in [0.4, 0.5) is 45.8 Å². The van der Waals surface area contributed by atoms with E-state index in [4.69, 9.17) is 23.4 Å². The van der Waals surface area contributed by atoms with E-state index < -0.39 is 42.8 Å². The Kier molecular flexibility index (Phi) is 30.3. The number of aryl methyl sites for hydroxylation is 1. The molecule has 0 aliphatic carbocycles. The number of fused-ring (bicyclic) bond motifs is 1. The molecule has 0 radical (unpaired) electrons. The second-order valence-electron chi connectivity index (χ2n) is 26.2. The van der Waals surface area contributed by atoms with Crippen LogP contribution >= 0.6 is 39.3 Å². The summed E-state index contributed by atoms with van der Waals surface area (Å²) in [5, 5.41) is 45.0. The standard InChI is InChI=1S/C22H29N6OPS.C16H24N3O3P.C11H12N2O3.C7H4ClNO3.2C5H12NOP.CH4/c1-17-2-5-21-16-23-22(25-28(17)21)24-18-3-6-19(7-4-18)26-10-8-20(9-11-26)27-12-14-30(29,31)15-13-27;1-23(22)12-10-18(11-13-23)15-6-8-17(9-7-15)14-2-4-16(5-3-14)19(20)21;14-11-5-7-12(8-6-11)9-1-3-10(4-2-9)13(15)16;8-7(10)5-1-3-6(4-2-5)9(11)12;2*1-8(7)4-2-6-3-5-8;/h2-7,16,20H,8-15H2,1H3,(H,24,25)(H,29,31);2-5,15H,6-13H2,1H3;1-4H,5-8H2;1-4H;2*6H,2-5H2,1H3;1H4. The van der Waals surface area contributed by atoms with Crippen molar-refractivity contribution in [3.63, 3.8) is 0 Å². The zero-order valence-corrected chi connectivity index (χ0v) is 61.5. The van der Waals surface area contributed by atoms with Gasteiger partial charge in [0, 0.05) is 236 Å². The van der Waals surface area contributed by atoms with E-state index in [1.807, 2.05) is 61.9 Å². The number of benzene rings is 4. The van der Waals surface area contributed by atoms with E-state index in [9.17, 15) is 58.5 Å². The van der Waals surface area contributed by atoms with Gasteiger partial charge in [0.15, 0.2) is 0 Å². The average molecular weight is 1480 g/mol. The number of rotatable bonds is 11. The van der Waals surface area contributed by atoms with Crippen molar-refractivity contribution in [2.75, 3.05) is 181 Å². The molecule has 6 aromatic rings. The van der Waals surface area contributed by atoms with Crippen LogP contribution in [0.5, 0.6) is 0 Å². The van der Waals surface area contributed by atoms with Gasteiger partial charge < -0.3 is 49.2 Å². The molecule has 4 aromatic carbocycles. The van der Waals surface area contributed by atoms with Gasteiger partial charge in [-0.15, -0.1) is 5.10 Å². The molecular formula is C67H97ClN14O12P4S. The first kappa shape index (κ1) is 80.0. The first-order valence-corrected chi connectivity index (χ1v) is 44.4. The van der Waals surface area contributed by atoms with E-state index in [2.05, 4.69) is 74.8 Å². The summed E-state index contributed by atoms with van der Waals surface area (Å²) in [6.45, 7) is 20.9. The summed E-state index contributed by atoms with van der Waals surface area (Å²) in [6, 6.07) is 32.2. The van der Waals surface area contributed by atoms with Crippen LogP contribution in [0.15, 0.2) is 115 Å². The molecule has 99 heavy (non-hydrogen) atoms. The van der Waals surface area contributed by atoms with Crippen LogP contribution < -0.4 is 30.7 Å². The van der Waals surface area contributed by atoms with Gasteiger partial charge in [-0.25, -0.2) is 9.50 Å². The number of ketones is 1. The molecule has 7 aliphatic rings. The normalized spacial score (nSPS) is 19.9. The van der Waals surface area contributed by atoms with Crippen molar-refractivity contribution in [2.24, 2.45) is 0 Å². The van der Waals surface area contributed by atoms with Crippen LogP contribution in [0.3, 0.4) is 0 Å². The summed E-state index contributed by atoms with van der Waals surface area (Å²) in [4.78, 5) is 78.1. The molecule has 7 saturated heterocycles. The van der Waals surface area contributed by atoms with Gasteiger partial charge in [0.2, 0.25) is 5.95 Å². The number of halogens is 1. The first-order chi connectivity index (χ1) is 46.6. The first-order valence-electron chi connectivity index (χ1n) is 33.4. The fourth-order valence-corrected chi connectivity index (χ4v) is 18.9. The van der Waals surface area contributed by atoms with Crippen molar-refractivity contribution >= 4 is 113 Å². The quantitative estimate of drug-likeness (QED) is 0.0405. The van der Waals surface area contributed by atoms with Crippen LogP contribution in [-0.2, 0) is 30.3 Å². The molecule has 4 N–H and O–H groups in total. The van der Waals surface area contributed by atoms with Crippen LogP contribution in [-0.4, -0.2) is 228 Å². The third kappa shape index (κ3) is 25.6. The molecule has 0 saturated carbocycles. The number of nitrogens with zero attached hydrogens (tertiary/aromatic N) is 11. The van der Waals surface area contributed by atoms with Gasteiger partial charge in [-0.2, -0.15) is 0 Å². The summed E-state index contributed by atoms with van der Waals surface area (Å²) in [7, 11) is -5.15. The van der Waals surface area contributed by atoms with Gasteiger partial charge >= 0.3 is 0 Å². The van der Waals surface area contributed by atoms with Crippen LogP contribution in [0.25, 0.3) is 5.52 Å². The van der Waals surface area contributed by atoms with Crippen molar-refractivity contribution in [1.82, 2.24) is 35.0 Å². The molecule has 0 atom stereocenters. The Morgan fingerprint density at radius 1 is 0.556 bits per heavy atom. The van der Waals surface area contributed by atoms with E-state index in [-0.39, 0.29) is 40.8 Å². The predicted octanol–water partition coefficient (Wildman–Crippen LogP) is 11.9. The predicted molar refractivity (Wildman–Crippen MR) is 405 cm³/mol. The van der Waals surface area contributed by atoms with Crippen LogP contribution in [0.2, 0.25) is 0 Å². The molecule has 7 fully saturated rings. The maximum atomic E-state index is 12.1. The van der Waals surface area contributed by atoms with Gasteiger partial charge in [0.05, 0.1) is 54.2 Å². The van der Waals surface area contributed by atoms with E-state index in [1.165, 1.54) is 54.9 Å². The van der Waals surface area contributed by atoms with Crippen LogP contribution in [0.1, 0.15) is 62.0 Å². The molecular weight excluding hydrogens is 1380 g/mol. The number of hydrogen-bond acceptors (Lipinski definition) is 22. The van der Waals surface area contributed by atoms with E-state index in [0.717, 1.165) is 169 Å². The summed E-state index contributed by atoms with van der Waals surface area (Å²) in [5.74, 6) is 0.883. The van der Waals surface area contributed by atoms with Crippen molar-refractivity contribution in [1.29, 1.82) is 0 Å². The number of aromatic nitrogens is 3. The molecule has 0 amide bonds. The maximum Gasteiger partial charge on any atom is 0.269 e. The Morgan fingerprint density at radius 2 is 0.919 bits per heavy atom. The molecule has 0 unspecified atom stereocenters. The lowest BCUT2D eigenvalue weighted by Crippen LogP contribution is -2.48. The SMILES string of the molecule is C.CP1(=O)CCN(C2CCN(c3ccc([N+](=O)[O-])cc3)CC2)CC1.CP1(=O)CCNCC1.CP1(=O)CCNCC1.Cc1ccc2cnc(Nc3ccc(N4CCC(N5CCP(O)(=S)CC5)CC4)cc3)nn12.O=C(Cl)c1ccc([N+](=O)[O-])cc1.O=C1CCN(c2ccc([N+](=O)[O-])cc2)CC1. The lowest BCUT2D eigenvalue weighted by atomic mass is 10.0. The number of nitro benzene ring substituents is 3.